The highest BCUT2D eigenvalue weighted by atomic mass is 16.5. The normalized spacial score (nSPS) is 14.8. The summed E-state index contributed by atoms with van der Waals surface area (Å²) in [6.07, 6.45) is 5.74. The predicted molar refractivity (Wildman–Crippen MR) is 159 cm³/mol. The van der Waals surface area contributed by atoms with Crippen LogP contribution in [0.25, 0.3) is 28.0 Å². The Morgan fingerprint density at radius 3 is 2.60 bits per heavy atom. The van der Waals surface area contributed by atoms with Crippen molar-refractivity contribution in [1.82, 2.24) is 9.38 Å². The highest BCUT2D eigenvalue weighted by Gasteiger charge is 2.33. The standard InChI is InChI=1S/C33H37N3O4/c1-6-16-40-33(4)12-14-35(15-13-33)32-26(20-31(38)39-5)23(3)18-30-34-28(21-36(30)32)25-9-7-8-24(19-25)27-17-22(2)10-11-29(27)37/h6-11,17-19,21,37H,1,12-16,20H2,2-5H3. The van der Waals surface area contributed by atoms with E-state index < -0.39 is 0 Å². The molecule has 1 aliphatic heterocycles. The summed E-state index contributed by atoms with van der Waals surface area (Å²) in [5.74, 6) is 0.945. The molecule has 3 heterocycles. The largest absolute Gasteiger partial charge is 0.507 e. The van der Waals surface area contributed by atoms with E-state index in [1.807, 2.05) is 56.4 Å². The van der Waals surface area contributed by atoms with Crippen molar-refractivity contribution in [2.45, 2.75) is 45.6 Å². The van der Waals surface area contributed by atoms with Gasteiger partial charge in [-0.2, -0.15) is 0 Å². The molecular weight excluding hydrogens is 502 g/mol. The number of benzene rings is 2. The zero-order valence-corrected chi connectivity index (χ0v) is 23.7. The van der Waals surface area contributed by atoms with Crippen LogP contribution in [0, 0.1) is 13.8 Å². The van der Waals surface area contributed by atoms with E-state index in [0.717, 1.165) is 76.5 Å². The van der Waals surface area contributed by atoms with Gasteiger partial charge in [-0.3, -0.25) is 9.20 Å². The van der Waals surface area contributed by atoms with Crippen LogP contribution in [0.15, 0.2) is 67.4 Å². The first kappa shape index (κ1) is 27.5. The molecule has 208 valence electrons. The molecule has 4 aromatic rings. The zero-order chi connectivity index (χ0) is 28.4. The molecule has 1 aliphatic rings. The average Bonchev–Trinajstić information content (AvgIpc) is 3.38. The minimum absolute atomic E-state index is 0.184. The smallest absolute Gasteiger partial charge is 0.310 e. The molecule has 2 aromatic carbocycles. The summed E-state index contributed by atoms with van der Waals surface area (Å²) >= 11 is 0. The molecule has 0 bridgehead atoms. The molecule has 40 heavy (non-hydrogen) atoms. The van der Waals surface area contributed by atoms with Gasteiger partial charge in [-0.25, -0.2) is 4.98 Å². The van der Waals surface area contributed by atoms with Gasteiger partial charge in [0.1, 0.15) is 17.2 Å². The molecule has 7 nitrogen and oxygen atoms in total. The lowest BCUT2D eigenvalue weighted by atomic mass is 9.92. The number of rotatable bonds is 8. The van der Waals surface area contributed by atoms with Crippen LogP contribution in [0.1, 0.15) is 36.5 Å². The molecule has 5 rings (SSSR count). The van der Waals surface area contributed by atoms with Gasteiger partial charge >= 0.3 is 5.97 Å². The van der Waals surface area contributed by atoms with Crippen LogP contribution in [-0.2, 0) is 20.7 Å². The maximum absolute atomic E-state index is 12.5. The van der Waals surface area contributed by atoms with E-state index in [1.165, 1.54) is 7.11 Å². The number of hydrogen-bond acceptors (Lipinski definition) is 6. The number of aromatic hydroxyl groups is 1. The van der Waals surface area contributed by atoms with Gasteiger partial charge in [0.05, 0.1) is 31.4 Å². The van der Waals surface area contributed by atoms with E-state index in [1.54, 1.807) is 12.1 Å². The number of aromatic nitrogens is 2. The van der Waals surface area contributed by atoms with E-state index in [2.05, 4.69) is 28.9 Å². The Balaban J connectivity index is 1.58. The third-order valence-electron chi connectivity index (χ3n) is 7.89. The molecule has 0 atom stereocenters. The number of carbonyl (C=O) groups is 1. The summed E-state index contributed by atoms with van der Waals surface area (Å²) in [4.78, 5) is 19.8. The van der Waals surface area contributed by atoms with E-state index in [0.29, 0.717) is 6.61 Å². The quantitative estimate of drug-likeness (QED) is 0.210. The summed E-state index contributed by atoms with van der Waals surface area (Å²) in [5.41, 5.74) is 7.11. The minimum atomic E-state index is -0.272. The molecule has 0 saturated carbocycles. The number of aryl methyl sites for hydroxylation is 2. The Hall–Kier alpha value is -4.10. The number of ether oxygens (including phenoxy) is 2. The molecule has 0 spiro atoms. The molecule has 2 aromatic heterocycles. The van der Waals surface area contributed by atoms with Crippen LogP contribution in [0.4, 0.5) is 5.82 Å². The first-order valence-electron chi connectivity index (χ1n) is 13.7. The number of hydrogen-bond donors (Lipinski definition) is 1. The molecule has 7 heteroatoms. The van der Waals surface area contributed by atoms with E-state index in [4.69, 9.17) is 14.5 Å². The van der Waals surface area contributed by atoms with Gasteiger partial charge in [0.25, 0.3) is 0 Å². The molecule has 0 unspecified atom stereocenters. The molecule has 1 fully saturated rings. The van der Waals surface area contributed by atoms with Crippen LogP contribution in [0.5, 0.6) is 5.75 Å². The van der Waals surface area contributed by atoms with E-state index in [9.17, 15) is 9.90 Å². The van der Waals surface area contributed by atoms with Crippen LogP contribution >= 0.6 is 0 Å². The summed E-state index contributed by atoms with van der Waals surface area (Å²) in [5, 5.41) is 10.5. The van der Waals surface area contributed by atoms with Crippen molar-refractivity contribution >= 4 is 17.4 Å². The Bertz CT molecular complexity index is 1560. The number of pyridine rings is 1. The number of nitrogens with zero attached hydrogens (tertiary/aromatic N) is 3. The molecule has 1 saturated heterocycles. The second kappa shape index (κ2) is 11.2. The van der Waals surface area contributed by atoms with Gasteiger partial charge in [0, 0.05) is 36.0 Å². The van der Waals surface area contributed by atoms with E-state index in [-0.39, 0.29) is 23.7 Å². The summed E-state index contributed by atoms with van der Waals surface area (Å²) < 4.78 is 13.3. The van der Waals surface area contributed by atoms with Crippen molar-refractivity contribution in [2.24, 2.45) is 0 Å². The van der Waals surface area contributed by atoms with Crippen molar-refractivity contribution in [3.05, 3.63) is 84.1 Å². The molecule has 1 N–H and O–H groups in total. The number of esters is 1. The van der Waals surface area contributed by atoms with Gasteiger partial charge in [-0.1, -0.05) is 35.9 Å². The Morgan fingerprint density at radius 1 is 1.12 bits per heavy atom. The first-order valence-corrected chi connectivity index (χ1v) is 13.7. The predicted octanol–water partition coefficient (Wildman–Crippen LogP) is 6.27. The first-order chi connectivity index (χ1) is 19.2. The Kier molecular flexibility index (Phi) is 7.68. The summed E-state index contributed by atoms with van der Waals surface area (Å²) in [7, 11) is 1.42. The lowest BCUT2D eigenvalue weighted by Crippen LogP contribution is -2.45. The van der Waals surface area contributed by atoms with Gasteiger partial charge in [-0.15, -0.1) is 6.58 Å². The van der Waals surface area contributed by atoms with Crippen LogP contribution in [-0.4, -0.2) is 52.9 Å². The fourth-order valence-corrected chi connectivity index (χ4v) is 5.51. The fraction of sp³-hybridized carbons (Fsp3) is 0.333. The third-order valence-corrected chi connectivity index (χ3v) is 7.89. The highest BCUT2D eigenvalue weighted by Crippen LogP contribution is 2.36. The number of carbonyl (C=O) groups excluding carboxylic acids is 1. The second-order valence-corrected chi connectivity index (χ2v) is 10.9. The molecule has 0 amide bonds. The van der Waals surface area contributed by atoms with Crippen molar-refractivity contribution in [3.8, 4) is 28.1 Å². The third kappa shape index (κ3) is 5.47. The Morgan fingerprint density at radius 2 is 1.88 bits per heavy atom. The highest BCUT2D eigenvalue weighted by molar-refractivity contribution is 5.79. The molecule has 0 aliphatic carbocycles. The maximum Gasteiger partial charge on any atom is 0.310 e. The maximum atomic E-state index is 12.5. The number of piperidine rings is 1. The van der Waals surface area contributed by atoms with Gasteiger partial charge in [0.2, 0.25) is 0 Å². The lowest BCUT2D eigenvalue weighted by molar-refractivity contribution is -0.139. The number of anilines is 1. The molecule has 0 radical (unpaired) electrons. The number of fused-ring (bicyclic) bond motifs is 1. The lowest BCUT2D eigenvalue weighted by Gasteiger charge is -2.41. The van der Waals surface area contributed by atoms with Gasteiger partial charge in [-0.05, 0) is 69.0 Å². The number of phenolic OH excluding ortho intramolecular Hbond substituents is 1. The van der Waals surface area contributed by atoms with Crippen LogP contribution < -0.4 is 4.90 Å². The van der Waals surface area contributed by atoms with Crippen molar-refractivity contribution in [3.63, 3.8) is 0 Å². The van der Waals surface area contributed by atoms with Gasteiger partial charge < -0.3 is 19.5 Å². The topological polar surface area (TPSA) is 76.3 Å². The Labute approximate surface area is 235 Å². The second-order valence-electron chi connectivity index (χ2n) is 10.9. The van der Waals surface area contributed by atoms with Crippen molar-refractivity contribution in [1.29, 1.82) is 0 Å². The summed E-state index contributed by atoms with van der Waals surface area (Å²) in [6, 6.07) is 15.7. The van der Waals surface area contributed by atoms with Gasteiger partial charge in [0.15, 0.2) is 0 Å². The number of methoxy groups -OCH3 is 1. The monoisotopic (exact) mass is 539 g/mol. The SMILES string of the molecule is C=CCOC1(C)CCN(c2c(CC(=O)OC)c(C)cc3nc(-c4cccc(-c5cc(C)ccc5O)c4)cn23)CC1. The minimum Gasteiger partial charge on any atom is -0.507 e. The number of imidazole rings is 1. The zero-order valence-electron chi connectivity index (χ0n) is 23.7. The summed E-state index contributed by atoms with van der Waals surface area (Å²) in [6.45, 7) is 12.1. The van der Waals surface area contributed by atoms with Crippen molar-refractivity contribution in [2.75, 3.05) is 31.7 Å². The average molecular weight is 540 g/mol. The van der Waals surface area contributed by atoms with Crippen molar-refractivity contribution < 1.29 is 19.4 Å². The van der Waals surface area contributed by atoms with Crippen LogP contribution in [0.3, 0.4) is 0 Å². The van der Waals surface area contributed by atoms with Crippen LogP contribution in [0.2, 0.25) is 0 Å². The number of phenols is 1. The fourth-order valence-electron chi connectivity index (χ4n) is 5.51. The van der Waals surface area contributed by atoms with E-state index >= 15 is 0 Å². The molecular formula is C33H37N3O4.